The fourth-order valence-electron chi connectivity index (χ4n) is 9.29. The highest BCUT2D eigenvalue weighted by molar-refractivity contribution is 5.82. The number of aromatic nitrogens is 3. The van der Waals surface area contributed by atoms with Gasteiger partial charge in [-0.15, -0.1) is 0 Å². The molecule has 1 heterocycles. The lowest BCUT2D eigenvalue weighted by molar-refractivity contribution is -0.00518. The van der Waals surface area contributed by atoms with Crippen LogP contribution in [0.25, 0.3) is 56.4 Å². The van der Waals surface area contributed by atoms with E-state index in [1.807, 2.05) is 54.6 Å². The minimum Gasteiger partial charge on any atom is -0.208 e. The Morgan fingerprint density at radius 2 is 0.917 bits per heavy atom. The van der Waals surface area contributed by atoms with Gasteiger partial charge in [-0.2, -0.15) is 5.26 Å². The zero-order chi connectivity index (χ0) is 32.1. The Morgan fingerprint density at radius 3 is 1.50 bits per heavy atom. The molecule has 0 radical (unpaired) electrons. The molecule has 0 aliphatic heterocycles. The van der Waals surface area contributed by atoms with Gasteiger partial charge in [-0.05, 0) is 102 Å². The second-order valence-electron chi connectivity index (χ2n) is 14.3. The summed E-state index contributed by atoms with van der Waals surface area (Å²) in [4.78, 5) is 15.1. The molecule has 0 N–H and O–H groups in total. The minimum absolute atomic E-state index is 0.385. The third-order valence-electron chi connectivity index (χ3n) is 11.2. The van der Waals surface area contributed by atoms with Crippen LogP contribution in [0.2, 0.25) is 0 Å². The zero-order valence-electron chi connectivity index (χ0n) is 26.9. The fraction of sp³-hybridized carbons (Fsp3) is 0.227. The van der Waals surface area contributed by atoms with E-state index in [4.69, 9.17) is 15.0 Å². The molecule has 0 spiro atoms. The third kappa shape index (κ3) is 5.20. The minimum atomic E-state index is 0.385. The maximum Gasteiger partial charge on any atom is 0.164 e. The predicted octanol–water partition coefficient (Wildman–Crippen LogP) is 10.5. The smallest absolute Gasteiger partial charge is 0.164 e. The Kier molecular flexibility index (Phi) is 7.01. The van der Waals surface area contributed by atoms with Crippen molar-refractivity contribution in [2.75, 3.05) is 0 Å². The molecule has 48 heavy (non-hydrogen) atoms. The lowest BCUT2D eigenvalue weighted by Gasteiger charge is -2.57. The van der Waals surface area contributed by atoms with E-state index >= 15 is 0 Å². The number of benzene rings is 5. The Balaban J connectivity index is 1.09. The van der Waals surface area contributed by atoms with Gasteiger partial charge in [0.15, 0.2) is 17.5 Å². The van der Waals surface area contributed by atoms with E-state index in [0.717, 1.165) is 51.1 Å². The van der Waals surface area contributed by atoms with E-state index in [0.29, 0.717) is 28.5 Å². The van der Waals surface area contributed by atoms with Gasteiger partial charge in [-0.25, -0.2) is 15.0 Å². The molecular formula is C44H36N4. The van der Waals surface area contributed by atoms with E-state index in [1.165, 1.54) is 44.1 Å². The van der Waals surface area contributed by atoms with Gasteiger partial charge in [0.05, 0.1) is 11.6 Å². The van der Waals surface area contributed by atoms with Gasteiger partial charge >= 0.3 is 0 Å². The predicted molar refractivity (Wildman–Crippen MR) is 192 cm³/mol. The highest BCUT2D eigenvalue weighted by Crippen LogP contribution is 2.60. The molecule has 0 atom stereocenters. The van der Waals surface area contributed by atoms with Crippen LogP contribution in [0.1, 0.15) is 49.7 Å². The van der Waals surface area contributed by atoms with Crippen molar-refractivity contribution in [3.63, 3.8) is 0 Å². The first kappa shape index (κ1) is 28.8. The maximum atomic E-state index is 9.18. The molecule has 6 aromatic rings. The van der Waals surface area contributed by atoms with Crippen molar-refractivity contribution in [1.29, 1.82) is 5.26 Å². The Morgan fingerprint density at radius 1 is 0.458 bits per heavy atom. The van der Waals surface area contributed by atoms with Crippen LogP contribution < -0.4 is 0 Å². The molecule has 232 valence electrons. The maximum absolute atomic E-state index is 9.18. The topological polar surface area (TPSA) is 62.5 Å². The van der Waals surface area contributed by atoms with E-state index in [1.54, 1.807) is 5.56 Å². The lowest BCUT2D eigenvalue weighted by Crippen LogP contribution is -2.48. The molecule has 1 aromatic heterocycles. The summed E-state index contributed by atoms with van der Waals surface area (Å²) in [7, 11) is 0. The standard InChI is InChI=1S/C44H36N4/c45-28-29-10-12-33(13-11-29)34-14-16-37(17-15-34)42-46-41(36-6-2-1-3-7-36)47-43(48-42)40-9-5-4-8-39(40)35-18-20-38(21-19-35)44-25-30-22-31(26-44)24-32(23-30)27-44/h1-21,30-32H,22-27H2/t30-,31+,32-,44?. The molecule has 4 fully saturated rings. The molecule has 4 nitrogen and oxygen atoms in total. The molecule has 0 unspecified atom stereocenters. The molecule has 0 amide bonds. The quantitative estimate of drug-likeness (QED) is 0.186. The van der Waals surface area contributed by atoms with E-state index in [9.17, 15) is 5.26 Å². The summed E-state index contributed by atoms with van der Waals surface area (Å²) in [6.45, 7) is 0. The summed E-state index contributed by atoms with van der Waals surface area (Å²) >= 11 is 0. The SMILES string of the molecule is N#Cc1ccc(-c2ccc(-c3nc(-c4ccccc4)nc(-c4ccccc4-c4ccc(C56C[C@H]7C[C@@H](C5)C[C@@H](C6)C7)cc4)n3)cc2)cc1. The molecular weight excluding hydrogens is 585 g/mol. The molecule has 4 aliphatic carbocycles. The fourth-order valence-corrected chi connectivity index (χ4v) is 9.29. The Bertz CT molecular complexity index is 2110. The van der Waals surface area contributed by atoms with Crippen molar-refractivity contribution in [2.45, 2.75) is 43.9 Å². The molecule has 4 saturated carbocycles. The highest BCUT2D eigenvalue weighted by atomic mass is 15.0. The van der Waals surface area contributed by atoms with E-state index in [2.05, 4.69) is 78.9 Å². The normalized spacial score (nSPS) is 22.4. The van der Waals surface area contributed by atoms with Gasteiger partial charge in [0, 0.05) is 16.7 Å². The Hall–Kier alpha value is -5.40. The van der Waals surface area contributed by atoms with Crippen molar-refractivity contribution >= 4 is 0 Å². The van der Waals surface area contributed by atoms with Crippen LogP contribution in [-0.4, -0.2) is 15.0 Å². The van der Waals surface area contributed by atoms with Crippen molar-refractivity contribution in [2.24, 2.45) is 17.8 Å². The first-order valence-electron chi connectivity index (χ1n) is 17.3. The number of hydrogen-bond acceptors (Lipinski definition) is 4. The highest BCUT2D eigenvalue weighted by Gasteiger charge is 2.51. The van der Waals surface area contributed by atoms with Crippen LogP contribution in [0.3, 0.4) is 0 Å². The summed E-state index contributed by atoms with van der Waals surface area (Å²) in [6.07, 6.45) is 8.51. The van der Waals surface area contributed by atoms with E-state index < -0.39 is 0 Å². The van der Waals surface area contributed by atoms with Crippen LogP contribution in [0, 0.1) is 29.1 Å². The van der Waals surface area contributed by atoms with Crippen molar-refractivity contribution in [3.05, 3.63) is 139 Å². The molecule has 4 heteroatoms. The van der Waals surface area contributed by atoms with Crippen LogP contribution in [0.15, 0.2) is 127 Å². The van der Waals surface area contributed by atoms with Crippen molar-refractivity contribution < 1.29 is 0 Å². The summed E-state index contributed by atoms with van der Waals surface area (Å²) in [6, 6.07) is 46.3. The van der Waals surface area contributed by atoms with Gasteiger partial charge in [0.1, 0.15) is 0 Å². The molecule has 4 bridgehead atoms. The van der Waals surface area contributed by atoms with Crippen molar-refractivity contribution in [1.82, 2.24) is 15.0 Å². The average Bonchev–Trinajstić information content (AvgIpc) is 3.15. The number of rotatable bonds is 6. The van der Waals surface area contributed by atoms with Crippen LogP contribution in [0.5, 0.6) is 0 Å². The van der Waals surface area contributed by atoms with Gasteiger partial charge in [-0.1, -0.05) is 115 Å². The molecule has 4 aliphatic rings. The second-order valence-corrected chi connectivity index (χ2v) is 14.3. The average molecular weight is 621 g/mol. The molecule has 5 aromatic carbocycles. The number of nitrogens with zero attached hydrogens (tertiary/aromatic N) is 4. The second kappa shape index (κ2) is 11.7. The van der Waals surface area contributed by atoms with Gasteiger partial charge in [-0.3, -0.25) is 0 Å². The molecule has 10 rings (SSSR count). The largest absolute Gasteiger partial charge is 0.208 e. The van der Waals surface area contributed by atoms with Gasteiger partial charge < -0.3 is 0 Å². The van der Waals surface area contributed by atoms with Crippen LogP contribution >= 0.6 is 0 Å². The monoisotopic (exact) mass is 620 g/mol. The summed E-state index contributed by atoms with van der Waals surface area (Å²) in [5, 5.41) is 9.18. The number of hydrogen-bond donors (Lipinski definition) is 0. The van der Waals surface area contributed by atoms with Crippen LogP contribution in [0.4, 0.5) is 0 Å². The van der Waals surface area contributed by atoms with Gasteiger partial charge in [0.25, 0.3) is 0 Å². The zero-order valence-corrected chi connectivity index (χ0v) is 26.9. The van der Waals surface area contributed by atoms with E-state index in [-0.39, 0.29) is 0 Å². The first-order chi connectivity index (χ1) is 23.6. The first-order valence-corrected chi connectivity index (χ1v) is 17.3. The van der Waals surface area contributed by atoms with Crippen LogP contribution in [-0.2, 0) is 5.41 Å². The number of nitriles is 1. The molecule has 0 saturated heterocycles. The summed E-state index contributed by atoms with van der Waals surface area (Å²) < 4.78 is 0. The summed E-state index contributed by atoms with van der Waals surface area (Å²) in [5.41, 5.74) is 9.90. The van der Waals surface area contributed by atoms with Crippen molar-refractivity contribution in [3.8, 4) is 62.5 Å². The third-order valence-corrected chi connectivity index (χ3v) is 11.2. The Labute approximate surface area is 282 Å². The summed E-state index contributed by atoms with van der Waals surface area (Å²) in [5.74, 6) is 4.74. The van der Waals surface area contributed by atoms with Gasteiger partial charge in [0.2, 0.25) is 0 Å². The lowest BCUT2D eigenvalue weighted by atomic mass is 9.48.